The normalized spacial score (nSPS) is 19.0. The molecule has 2 amide bonds. The predicted molar refractivity (Wildman–Crippen MR) is 106 cm³/mol. The molecule has 9 heteroatoms. The summed E-state index contributed by atoms with van der Waals surface area (Å²) in [5, 5.41) is 12.6. The molecule has 0 radical (unpaired) electrons. The lowest BCUT2D eigenvalue weighted by Gasteiger charge is -2.18. The Labute approximate surface area is 166 Å². The molecule has 1 fully saturated rings. The van der Waals surface area contributed by atoms with E-state index in [-0.39, 0.29) is 11.7 Å². The van der Waals surface area contributed by atoms with Crippen LogP contribution in [0.1, 0.15) is 58.9 Å². The van der Waals surface area contributed by atoms with E-state index in [0.717, 1.165) is 48.6 Å². The smallest absolute Gasteiger partial charge is 0.251 e. The van der Waals surface area contributed by atoms with E-state index < -0.39 is 5.91 Å². The van der Waals surface area contributed by atoms with Crippen LogP contribution in [-0.4, -0.2) is 32.3 Å². The van der Waals surface area contributed by atoms with E-state index in [2.05, 4.69) is 27.0 Å². The number of primary amides is 1. The van der Waals surface area contributed by atoms with Gasteiger partial charge in [-0.15, -0.1) is 21.5 Å². The molecule has 2 aromatic heterocycles. The number of thioether (sulfide) groups is 1. The third kappa shape index (κ3) is 3.75. The molecule has 27 heavy (non-hydrogen) atoms. The van der Waals surface area contributed by atoms with Crippen LogP contribution in [0.4, 0.5) is 5.00 Å². The molecule has 2 heterocycles. The van der Waals surface area contributed by atoms with Gasteiger partial charge < -0.3 is 15.6 Å². The van der Waals surface area contributed by atoms with Crippen molar-refractivity contribution in [1.82, 2.24) is 14.8 Å². The molecule has 0 aromatic carbocycles. The Balaban J connectivity index is 1.46. The molecule has 0 bridgehead atoms. The molecule has 0 aliphatic heterocycles. The van der Waals surface area contributed by atoms with Crippen LogP contribution in [0.2, 0.25) is 0 Å². The Morgan fingerprint density at radius 3 is 2.81 bits per heavy atom. The van der Waals surface area contributed by atoms with Crippen molar-refractivity contribution in [3.05, 3.63) is 21.8 Å². The second-order valence-corrected chi connectivity index (χ2v) is 9.44. The van der Waals surface area contributed by atoms with Gasteiger partial charge in [-0.05, 0) is 50.5 Å². The SMILES string of the molecule is Cc1nnc(SCC(=O)Nc2sc3c(c2C(N)=O)CCC(C)C3)n1C1CC1. The number of thiophene rings is 1. The Kier molecular flexibility index (Phi) is 4.98. The Bertz CT molecular complexity index is 900. The zero-order valence-electron chi connectivity index (χ0n) is 15.4. The number of amides is 2. The van der Waals surface area contributed by atoms with Crippen LogP contribution in [0.15, 0.2) is 5.16 Å². The second kappa shape index (κ2) is 7.27. The summed E-state index contributed by atoms with van der Waals surface area (Å²) in [6.07, 6.45) is 5.11. The Morgan fingerprint density at radius 2 is 2.11 bits per heavy atom. The average molecular weight is 406 g/mol. The molecular formula is C18H23N5O2S2. The number of aromatic nitrogens is 3. The van der Waals surface area contributed by atoms with E-state index in [1.165, 1.54) is 28.0 Å². The van der Waals surface area contributed by atoms with Crippen molar-refractivity contribution in [3.8, 4) is 0 Å². The van der Waals surface area contributed by atoms with E-state index >= 15 is 0 Å². The minimum absolute atomic E-state index is 0.155. The molecule has 1 saturated carbocycles. The van der Waals surface area contributed by atoms with Gasteiger partial charge in [0.2, 0.25) is 5.91 Å². The number of nitrogens with two attached hydrogens (primary N) is 1. The van der Waals surface area contributed by atoms with Gasteiger partial charge in [0.05, 0.1) is 11.3 Å². The summed E-state index contributed by atoms with van der Waals surface area (Å²) in [7, 11) is 0. The molecule has 2 aliphatic carbocycles. The topological polar surface area (TPSA) is 103 Å². The van der Waals surface area contributed by atoms with Crippen LogP contribution < -0.4 is 11.1 Å². The van der Waals surface area contributed by atoms with Crippen LogP contribution in [0.25, 0.3) is 0 Å². The van der Waals surface area contributed by atoms with Gasteiger partial charge in [-0.2, -0.15) is 0 Å². The highest BCUT2D eigenvalue weighted by molar-refractivity contribution is 7.99. The van der Waals surface area contributed by atoms with Gasteiger partial charge in [-0.1, -0.05) is 18.7 Å². The van der Waals surface area contributed by atoms with Gasteiger partial charge in [0.15, 0.2) is 5.16 Å². The zero-order chi connectivity index (χ0) is 19.1. The number of fused-ring (bicyclic) bond motifs is 1. The third-order valence-corrected chi connectivity index (χ3v) is 7.20. The minimum Gasteiger partial charge on any atom is -0.365 e. The standard InChI is InChI=1S/C18H23N5O2S2/c1-9-3-6-12-13(7-9)27-17(15(12)16(19)25)20-14(24)8-26-18-22-21-10(2)23(18)11-4-5-11/h9,11H,3-8H2,1-2H3,(H2,19,25)(H,20,24). The largest absolute Gasteiger partial charge is 0.365 e. The maximum atomic E-state index is 12.5. The molecule has 0 spiro atoms. The number of hydrogen-bond donors (Lipinski definition) is 2. The monoisotopic (exact) mass is 405 g/mol. The van der Waals surface area contributed by atoms with Crippen LogP contribution >= 0.6 is 23.1 Å². The van der Waals surface area contributed by atoms with Crippen LogP contribution in [0.5, 0.6) is 0 Å². The minimum atomic E-state index is -0.464. The highest BCUT2D eigenvalue weighted by atomic mass is 32.2. The number of anilines is 1. The highest BCUT2D eigenvalue weighted by Gasteiger charge is 2.29. The molecule has 144 valence electrons. The fourth-order valence-electron chi connectivity index (χ4n) is 3.59. The molecule has 4 rings (SSSR count). The Hall–Kier alpha value is -1.87. The number of carbonyl (C=O) groups is 2. The quantitative estimate of drug-likeness (QED) is 0.719. The molecule has 7 nitrogen and oxygen atoms in total. The van der Waals surface area contributed by atoms with E-state index in [9.17, 15) is 9.59 Å². The van der Waals surface area contributed by atoms with Crippen molar-refractivity contribution in [1.29, 1.82) is 0 Å². The van der Waals surface area contributed by atoms with Gasteiger partial charge in [0.25, 0.3) is 5.91 Å². The first-order valence-corrected chi connectivity index (χ1v) is 11.0. The number of aryl methyl sites for hydroxylation is 1. The number of nitrogens with one attached hydrogen (secondary N) is 1. The van der Waals surface area contributed by atoms with Gasteiger partial charge in [-0.25, -0.2) is 0 Å². The molecule has 2 aliphatic rings. The van der Waals surface area contributed by atoms with Crippen molar-refractivity contribution in [2.24, 2.45) is 11.7 Å². The first-order chi connectivity index (χ1) is 12.9. The van der Waals surface area contributed by atoms with E-state index in [1.807, 2.05) is 6.92 Å². The summed E-state index contributed by atoms with van der Waals surface area (Å²) in [6.45, 7) is 4.14. The number of nitrogens with zero attached hydrogens (tertiary/aromatic N) is 3. The van der Waals surface area contributed by atoms with Crippen molar-refractivity contribution in [2.45, 2.75) is 57.1 Å². The lowest BCUT2D eigenvalue weighted by Crippen LogP contribution is -2.20. The summed E-state index contributed by atoms with van der Waals surface area (Å²) in [5.74, 6) is 1.08. The van der Waals surface area contributed by atoms with Gasteiger partial charge >= 0.3 is 0 Å². The Morgan fingerprint density at radius 1 is 1.33 bits per heavy atom. The van der Waals surface area contributed by atoms with Crippen molar-refractivity contribution in [2.75, 3.05) is 11.1 Å². The number of rotatable bonds is 6. The van der Waals surface area contributed by atoms with Gasteiger partial charge in [0, 0.05) is 10.9 Å². The lowest BCUT2D eigenvalue weighted by molar-refractivity contribution is -0.113. The highest BCUT2D eigenvalue weighted by Crippen LogP contribution is 2.40. The maximum absolute atomic E-state index is 12.5. The summed E-state index contributed by atoms with van der Waals surface area (Å²) >= 11 is 2.87. The van der Waals surface area contributed by atoms with E-state index in [0.29, 0.717) is 22.5 Å². The number of carbonyl (C=O) groups excluding carboxylic acids is 2. The molecule has 3 N–H and O–H groups in total. The summed E-state index contributed by atoms with van der Waals surface area (Å²) in [4.78, 5) is 25.7. The van der Waals surface area contributed by atoms with Crippen molar-refractivity contribution >= 4 is 39.9 Å². The lowest BCUT2D eigenvalue weighted by atomic mass is 9.88. The second-order valence-electron chi connectivity index (χ2n) is 7.39. The predicted octanol–water partition coefficient (Wildman–Crippen LogP) is 2.94. The van der Waals surface area contributed by atoms with Crippen LogP contribution in [0.3, 0.4) is 0 Å². The molecule has 2 aromatic rings. The average Bonchev–Trinajstić information content (AvgIpc) is 3.28. The maximum Gasteiger partial charge on any atom is 0.251 e. The summed E-state index contributed by atoms with van der Waals surface area (Å²) in [5.41, 5.74) is 7.13. The molecular weight excluding hydrogens is 382 g/mol. The van der Waals surface area contributed by atoms with Gasteiger partial charge in [0.1, 0.15) is 10.8 Å². The van der Waals surface area contributed by atoms with Crippen molar-refractivity contribution in [3.63, 3.8) is 0 Å². The third-order valence-electron chi connectivity index (χ3n) is 5.09. The van der Waals surface area contributed by atoms with Crippen LogP contribution in [-0.2, 0) is 17.6 Å². The van der Waals surface area contributed by atoms with Crippen molar-refractivity contribution < 1.29 is 9.59 Å². The zero-order valence-corrected chi connectivity index (χ0v) is 17.1. The van der Waals surface area contributed by atoms with E-state index in [4.69, 9.17) is 5.73 Å². The first-order valence-electron chi connectivity index (χ1n) is 9.22. The van der Waals surface area contributed by atoms with Gasteiger partial charge in [-0.3, -0.25) is 9.59 Å². The first kappa shape index (κ1) is 18.5. The molecule has 1 atom stereocenters. The molecule has 1 unspecified atom stereocenters. The fraction of sp³-hybridized carbons (Fsp3) is 0.556. The van der Waals surface area contributed by atoms with Crippen LogP contribution in [0, 0.1) is 12.8 Å². The molecule has 0 saturated heterocycles. The number of hydrogen-bond acceptors (Lipinski definition) is 6. The fourth-order valence-corrected chi connectivity index (χ4v) is 5.88. The summed E-state index contributed by atoms with van der Waals surface area (Å²) < 4.78 is 2.11. The summed E-state index contributed by atoms with van der Waals surface area (Å²) in [6, 6.07) is 0.470. The van der Waals surface area contributed by atoms with E-state index in [1.54, 1.807) is 0 Å².